The first-order valence-corrected chi connectivity index (χ1v) is 6.11. The average Bonchev–Trinajstić information content (AvgIpc) is 2.22. The third-order valence-electron chi connectivity index (χ3n) is 1.60. The van der Waals surface area contributed by atoms with Crippen LogP contribution in [0.25, 0.3) is 0 Å². The molecule has 1 N–H and O–H groups in total. The zero-order valence-corrected chi connectivity index (χ0v) is 10.4. The zero-order valence-electron chi connectivity index (χ0n) is 9.56. The van der Waals surface area contributed by atoms with E-state index in [1.54, 1.807) is 0 Å². The van der Waals surface area contributed by atoms with Crippen LogP contribution in [0.15, 0.2) is 0 Å². The molecule has 1 unspecified atom stereocenters. The second kappa shape index (κ2) is 9.15. The van der Waals surface area contributed by atoms with Crippen LogP contribution in [-0.2, 0) is 14.3 Å². The van der Waals surface area contributed by atoms with E-state index < -0.39 is 6.29 Å². The van der Waals surface area contributed by atoms with E-state index in [4.69, 9.17) is 14.6 Å². The maximum absolute atomic E-state index is 11.2. The lowest BCUT2D eigenvalue weighted by Crippen LogP contribution is -2.23. The molecule has 5 heteroatoms. The molecule has 0 aromatic carbocycles. The van der Waals surface area contributed by atoms with Crippen LogP contribution in [-0.4, -0.2) is 42.1 Å². The fraction of sp³-hybridized carbons (Fsp3) is 0.900. The number of rotatable bonds is 8. The van der Waals surface area contributed by atoms with Crippen molar-refractivity contribution in [1.29, 1.82) is 0 Å². The Balaban J connectivity index is 3.47. The molecule has 0 saturated carbocycles. The fourth-order valence-electron chi connectivity index (χ4n) is 0.828. The van der Waals surface area contributed by atoms with Crippen LogP contribution in [0.3, 0.4) is 0 Å². The van der Waals surface area contributed by atoms with Gasteiger partial charge in [0.15, 0.2) is 11.4 Å². The molecule has 0 heterocycles. The molecule has 0 rings (SSSR count). The molecule has 0 amide bonds. The minimum atomic E-state index is -0.565. The second-order valence-electron chi connectivity index (χ2n) is 3.26. The molecule has 15 heavy (non-hydrogen) atoms. The van der Waals surface area contributed by atoms with Crippen molar-refractivity contribution >= 4 is 16.9 Å². The molecular weight excluding hydrogens is 216 g/mol. The molecular formula is C10H20O4S. The summed E-state index contributed by atoms with van der Waals surface area (Å²) < 4.78 is 10.3. The van der Waals surface area contributed by atoms with Gasteiger partial charge in [-0.25, -0.2) is 0 Å². The van der Waals surface area contributed by atoms with Gasteiger partial charge >= 0.3 is 0 Å². The number of carbonyl (C=O) groups is 1. The monoisotopic (exact) mass is 236 g/mol. The van der Waals surface area contributed by atoms with E-state index in [9.17, 15) is 4.79 Å². The highest BCUT2D eigenvalue weighted by molar-refractivity contribution is 8.13. The number of thioether (sulfide) groups is 1. The van der Waals surface area contributed by atoms with Crippen molar-refractivity contribution < 1.29 is 19.4 Å². The summed E-state index contributed by atoms with van der Waals surface area (Å²) in [6, 6.07) is 0. The van der Waals surface area contributed by atoms with Gasteiger partial charge in [-0.1, -0.05) is 25.6 Å². The molecule has 0 aliphatic carbocycles. The van der Waals surface area contributed by atoms with E-state index in [1.807, 2.05) is 20.8 Å². The zero-order chi connectivity index (χ0) is 11.7. The molecule has 0 fully saturated rings. The van der Waals surface area contributed by atoms with Gasteiger partial charge < -0.3 is 14.6 Å². The first-order valence-electron chi connectivity index (χ1n) is 5.12. The minimum Gasteiger partial charge on any atom is -0.391 e. The van der Waals surface area contributed by atoms with Gasteiger partial charge in [-0.3, -0.25) is 4.79 Å². The molecule has 1 atom stereocenters. The summed E-state index contributed by atoms with van der Waals surface area (Å²) >= 11 is 1.25. The van der Waals surface area contributed by atoms with Crippen molar-refractivity contribution in [3.8, 4) is 0 Å². The Kier molecular flexibility index (Phi) is 9.09. The molecule has 90 valence electrons. The summed E-state index contributed by atoms with van der Waals surface area (Å²) in [5.41, 5.74) is 0. The van der Waals surface area contributed by atoms with Gasteiger partial charge in [0.1, 0.15) is 0 Å². The maximum atomic E-state index is 11.2. The van der Waals surface area contributed by atoms with Gasteiger partial charge in [0.2, 0.25) is 0 Å². The number of hydrogen-bond acceptors (Lipinski definition) is 5. The van der Waals surface area contributed by atoms with Crippen molar-refractivity contribution in [2.24, 2.45) is 5.92 Å². The molecule has 0 spiro atoms. The van der Waals surface area contributed by atoms with Gasteiger partial charge in [0, 0.05) is 18.3 Å². The molecule has 0 saturated heterocycles. The van der Waals surface area contributed by atoms with Crippen molar-refractivity contribution in [2.75, 3.05) is 25.6 Å². The Labute approximate surface area is 95.3 Å². The van der Waals surface area contributed by atoms with Crippen LogP contribution in [0.5, 0.6) is 0 Å². The highest BCUT2D eigenvalue weighted by Gasteiger charge is 2.09. The summed E-state index contributed by atoms with van der Waals surface area (Å²) in [5.74, 6) is 0.649. The molecule has 0 radical (unpaired) electrons. The third kappa shape index (κ3) is 7.79. The smallest absolute Gasteiger partial charge is 0.191 e. The summed E-state index contributed by atoms with van der Waals surface area (Å²) in [4.78, 5) is 11.2. The Bertz CT molecular complexity index is 173. The largest absolute Gasteiger partial charge is 0.391 e. The lowest BCUT2D eigenvalue weighted by molar-refractivity contribution is -0.156. The Morgan fingerprint density at radius 1 is 1.40 bits per heavy atom. The SMILES string of the molecule is CCOC(CO)OCCSC(=O)C(C)C. The van der Waals surface area contributed by atoms with E-state index in [-0.39, 0.29) is 17.6 Å². The summed E-state index contributed by atoms with van der Waals surface area (Å²) in [5, 5.41) is 8.99. The molecule has 0 aromatic heterocycles. The first kappa shape index (κ1) is 14.9. The Morgan fingerprint density at radius 2 is 2.07 bits per heavy atom. The van der Waals surface area contributed by atoms with Crippen LogP contribution >= 0.6 is 11.8 Å². The summed E-state index contributed by atoms with van der Waals surface area (Å²) in [6.07, 6.45) is -0.565. The molecule has 4 nitrogen and oxygen atoms in total. The van der Waals surface area contributed by atoms with E-state index in [1.165, 1.54) is 11.8 Å². The van der Waals surface area contributed by atoms with E-state index in [0.717, 1.165) is 0 Å². The predicted molar refractivity (Wildman–Crippen MR) is 60.8 cm³/mol. The normalized spacial score (nSPS) is 13.1. The number of aliphatic hydroxyl groups is 1. The number of carbonyl (C=O) groups excluding carboxylic acids is 1. The van der Waals surface area contributed by atoms with Crippen molar-refractivity contribution in [2.45, 2.75) is 27.1 Å². The van der Waals surface area contributed by atoms with Crippen LogP contribution in [0, 0.1) is 5.92 Å². The second-order valence-corrected chi connectivity index (χ2v) is 4.36. The van der Waals surface area contributed by atoms with Crippen LogP contribution < -0.4 is 0 Å². The quantitative estimate of drug-likeness (QED) is 0.508. The summed E-state index contributed by atoms with van der Waals surface area (Å²) in [6.45, 7) is 6.33. The number of aliphatic hydroxyl groups excluding tert-OH is 1. The van der Waals surface area contributed by atoms with Crippen LogP contribution in [0.1, 0.15) is 20.8 Å². The predicted octanol–water partition coefficient (Wildman–Crippen LogP) is 1.27. The fourth-order valence-corrected chi connectivity index (χ4v) is 1.54. The lowest BCUT2D eigenvalue weighted by atomic mass is 10.3. The van der Waals surface area contributed by atoms with Gasteiger partial charge in [-0.2, -0.15) is 0 Å². The number of ether oxygens (including phenoxy) is 2. The average molecular weight is 236 g/mol. The van der Waals surface area contributed by atoms with Gasteiger partial charge in [0.05, 0.1) is 13.2 Å². The van der Waals surface area contributed by atoms with Crippen molar-refractivity contribution in [3.63, 3.8) is 0 Å². The maximum Gasteiger partial charge on any atom is 0.191 e. The van der Waals surface area contributed by atoms with Crippen molar-refractivity contribution in [1.82, 2.24) is 0 Å². The highest BCUT2D eigenvalue weighted by Crippen LogP contribution is 2.10. The van der Waals surface area contributed by atoms with Crippen LogP contribution in [0.4, 0.5) is 0 Å². The first-order chi connectivity index (χ1) is 7.11. The Hall–Kier alpha value is -0.100. The number of hydrogen-bond donors (Lipinski definition) is 1. The third-order valence-corrected chi connectivity index (χ3v) is 2.73. The van der Waals surface area contributed by atoms with Gasteiger partial charge in [-0.15, -0.1) is 0 Å². The van der Waals surface area contributed by atoms with E-state index in [0.29, 0.717) is 19.0 Å². The summed E-state index contributed by atoms with van der Waals surface area (Å²) in [7, 11) is 0. The van der Waals surface area contributed by atoms with E-state index >= 15 is 0 Å². The van der Waals surface area contributed by atoms with E-state index in [2.05, 4.69) is 0 Å². The van der Waals surface area contributed by atoms with Crippen LogP contribution in [0.2, 0.25) is 0 Å². The molecule has 0 aliphatic rings. The topological polar surface area (TPSA) is 55.8 Å². The molecule has 0 aliphatic heterocycles. The molecule has 0 aromatic rings. The minimum absolute atomic E-state index is 0.0514. The Morgan fingerprint density at radius 3 is 2.53 bits per heavy atom. The van der Waals surface area contributed by atoms with Gasteiger partial charge in [0.25, 0.3) is 0 Å². The standard InChI is InChI=1S/C10H20O4S/c1-4-13-9(7-11)14-5-6-15-10(12)8(2)3/h8-9,11H,4-7H2,1-3H3. The lowest BCUT2D eigenvalue weighted by Gasteiger charge is -2.14. The van der Waals surface area contributed by atoms with Crippen molar-refractivity contribution in [3.05, 3.63) is 0 Å². The highest BCUT2D eigenvalue weighted by atomic mass is 32.2. The van der Waals surface area contributed by atoms with Gasteiger partial charge in [-0.05, 0) is 6.92 Å². The molecule has 0 bridgehead atoms.